The van der Waals surface area contributed by atoms with E-state index in [1.54, 1.807) is 0 Å². The summed E-state index contributed by atoms with van der Waals surface area (Å²) in [5, 5.41) is 0. The van der Waals surface area contributed by atoms with Crippen LogP contribution in [0.5, 0.6) is 5.75 Å². The summed E-state index contributed by atoms with van der Waals surface area (Å²) in [6.07, 6.45) is 6.01. The van der Waals surface area contributed by atoms with E-state index in [1.807, 2.05) is 0 Å². The molecule has 3 rings (SSSR count). The maximum absolute atomic E-state index is 5.93. The van der Waals surface area contributed by atoms with Crippen molar-refractivity contribution in [2.24, 2.45) is 11.8 Å². The highest BCUT2D eigenvalue weighted by atomic mass is 32.2. The number of thioether (sulfide) groups is 1. The standard InChI is InChI=1S/C16H24N2OS/c17-18-15(11-12-6-9-20-10-7-12)14-5-1-3-13-4-2-8-19-16(13)14/h1,3,5,12,15,18H,2,4,6-11,17H2. The molecule has 0 spiro atoms. The van der Waals surface area contributed by atoms with Gasteiger partial charge in [-0.15, -0.1) is 0 Å². The summed E-state index contributed by atoms with van der Waals surface area (Å²) >= 11 is 2.08. The van der Waals surface area contributed by atoms with Crippen molar-refractivity contribution in [3.63, 3.8) is 0 Å². The Labute approximate surface area is 125 Å². The molecule has 2 aliphatic heterocycles. The molecule has 3 nitrogen and oxygen atoms in total. The smallest absolute Gasteiger partial charge is 0.127 e. The zero-order valence-corrected chi connectivity index (χ0v) is 12.8. The molecule has 0 aliphatic carbocycles. The van der Waals surface area contributed by atoms with Crippen LogP contribution in [0.3, 0.4) is 0 Å². The van der Waals surface area contributed by atoms with E-state index < -0.39 is 0 Å². The van der Waals surface area contributed by atoms with Gasteiger partial charge in [-0.3, -0.25) is 11.3 Å². The van der Waals surface area contributed by atoms with Crippen molar-refractivity contribution in [3.8, 4) is 5.75 Å². The van der Waals surface area contributed by atoms with Gasteiger partial charge in [0.15, 0.2) is 0 Å². The number of ether oxygens (including phenoxy) is 1. The van der Waals surface area contributed by atoms with Crippen LogP contribution in [0.1, 0.15) is 42.9 Å². The average Bonchev–Trinajstić information content (AvgIpc) is 2.53. The molecule has 0 saturated carbocycles. The number of hydrogen-bond acceptors (Lipinski definition) is 4. The molecule has 1 aromatic carbocycles. The number of fused-ring (bicyclic) bond motifs is 1. The van der Waals surface area contributed by atoms with Gasteiger partial charge in [0.05, 0.1) is 6.61 Å². The van der Waals surface area contributed by atoms with Crippen LogP contribution in [0, 0.1) is 5.92 Å². The lowest BCUT2D eigenvalue weighted by molar-refractivity contribution is 0.277. The highest BCUT2D eigenvalue weighted by Gasteiger charge is 2.24. The minimum Gasteiger partial charge on any atom is -0.493 e. The van der Waals surface area contributed by atoms with Crippen LogP contribution < -0.4 is 16.0 Å². The van der Waals surface area contributed by atoms with E-state index in [1.165, 1.54) is 35.5 Å². The van der Waals surface area contributed by atoms with Crippen LogP contribution >= 0.6 is 11.8 Å². The van der Waals surface area contributed by atoms with Crippen LogP contribution in [-0.4, -0.2) is 18.1 Å². The van der Waals surface area contributed by atoms with Gasteiger partial charge in [-0.05, 0) is 55.1 Å². The Kier molecular flexibility index (Phi) is 4.86. The summed E-state index contributed by atoms with van der Waals surface area (Å²) in [5.74, 6) is 10.3. The first-order valence-electron chi connectivity index (χ1n) is 7.67. The number of nitrogens with one attached hydrogen (secondary N) is 1. The van der Waals surface area contributed by atoms with Gasteiger partial charge in [0.25, 0.3) is 0 Å². The second kappa shape index (κ2) is 6.83. The third-order valence-electron chi connectivity index (χ3n) is 4.45. The molecule has 2 heterocycles. The lowest BCUT2D eigenvalue weighted by Gasteiger charge is -2.29. The summed E-state index contributed by atoms with van der Waals surface area (Å²) in [6.45, 7) is 0.835. The molecule has 2 aliphatic rings. The van der Waals surface area contributed by atoms with E-state index >= 15 is 0 Å². The molecule has 0 bridgehead atoms. The Balaban J connectivity index is 1.78. The molecule has 1 saturated heterocycles. The first-order chi connectivity index (χ1) is 9.88. The van der Waals surface area contributed by atoms with Crippen LogP contribution in [0.4, 0.5) is 0 Å². The zero-order chi connectivity index (χ0) is 13.8. The predicted molar refractivity (Wildman–Crippen MR) is 85.0 cm³/mol. The van der Waals surface area contributed by atoms with Gasteiger partial charge in [-0.25, -0.2) is 0 Å². The molecule has 1 atom stereocenters. The van der Waals surface area contributed by atoms with E-state index in [-0.39, 0.29) is 6.04 Å². The summed E-state index contributed by atoms with van der Waals surface area (Å²) in [6, 6.07) is 6.72. The summed E-state index contributed by atoms with van der Waals surface area (Å²) in [4.78, 5) is 0. The van der Waals surface area contributed by atoms with Gasteiger partial charge in [0, 0.05) is 11.6 Å². The molecule has 1 fully saturated rings. The van der Waals surface area contributed by atoms with Gasteiger partial charge in [0.2, 0.25) is 0 Å². The van der Waals surface area contributed by atoms with E-state index in [0.717, 1.165) is 37.5 Å². The number of hydrazine groups is 1. The van der Waals surface area contributed by atoms with E-state index in [2.05, 4.69) is 35.4 Å². The molecule has 4 heteroatoms. The van der Waals surface area contributed by atoms with Crippen molar-refractivity contribution in [2.45, 2.75) is 38.1 Å². The average molecular weight is 292 g/mol. The maximum atomic E-state index is 5.93. The van der Waals surface area contributed by atoms with Gasteiger partial charge < -0.3 is 4.74 Å². The quantitative estimate of drug-likeness (QED) is 0.661. The van der Waals surface area contributed by atoms with Crippen LogP contribution in [0.25, 0.3) is 0 Å². The Morgan fingerprint density at radius 2 is 2.20 bits per heavy atom. The van der Waals surface area contributed by atoms with Crippen molar-refractivity contribution in [1.82, 2.24) is 5.43 Å². The van der Waals surface area contributed by atoms with Crippen LogP contribution in [0.15, 0.2) is 18.2 Å². The van der Waals surface area contributed by atoms with Crippen molar-refractivity contribution in [3.05, 3.63) is 29.3 Å². The van der Waals surface area contributed by atoms with Crippen molar-refractivity contribution in [1.29, 1.82) is 0 Å². The molecule has 0 radical (unpaired) electrons. The highest BCUT2D eigenvalue weighted by molar-refractivity contribution is 7.99. The largest absolute Gasteiger partial charge is 0.493 e. The fraction of sp³-hybridized carbons (Fsp3) is 0.625. The molecular formula is C16H24N2OS. The molecule has 3 N–H and O–H groups in total. The fourth-order valence-electron chi connectivity index (χ4n) is 3.29. The number of rotatable bonds is 4. The maximum Gasteiger partial charge on any atom is 0.127 e. The first kappa shape index (κ1) is 14.2. The van der Waals surface area contributed by atoms with Gasteiger partial charge in [-0.2, -0.15) is 11.8 Å². The summed E-state index contributed by atoms with van der Waals surface area (Å²) in [5.41, 5.74) is 5.62. The number of hydrogen-bond donors (Lipinski definition) is 2. The highest BCUT2D eigenvalue weighted by Crippen LogP contribution is 2.37. The Hall–Kier alpha value is -0.710. The first-order valence-corrected chi connectivity index (χ1v) is 8.82. The topological polar surface area (TPSA) is 47.3 Å². The number of aryl methyl sites for hydroxylation is 1. The second-order valence-corrected chi connectivity index (χ2v) is 7.02. The minimum atomic E-state index is 0.219. The summed E-state index contributed by atoms with van der Waals surface area (Å²) in [7, 11) is 0. The SMILES string of the molecule is NNC(CC1CCSCC1)c1cccc2c1OCCC2. The third kappa shape index (κ3) is 3.13. The molecule has 1 aromatic rings. The van der Waals surface area contributed by atoms with E-state index in [9.17, 15) is 0 Å². The summed E-state index contributed by atoms with van der Waals surface area (Å²) < 4.78 is 5.93. The molecule has 1 unspecified atom stereocenters. The van der Waals surface area contributed by atoms with Crippen molar-refractivity contribution in [2.75, 3.05) is 18.1 Å². The predicted octanol–water partition coefficient (Wildman–Crippen LogP) is 3.05. The van der Waals surface area contributed by atoms with Gasteiger partial charge in [0.1, 0.15) is 5.75 Å². The zero-order valence-electron chi connectivity index (χ0n) is 11.9. The Morgan fingerprint density at radius 3 is 3.00 bits per heavy atom. The van der Waals surface area contributed by atoms with Gasteiger partial charge >= 0.3 is 0 Å². The fourth-order valence-corrected chi connectivity index (χ4v) is 4.49. The lowest BCUT2D eigenvalue weighted by atomic mass is 9.89. The molecule has 20 heavy (non-hydrogen) atoms. The Bertz CT molecular complexity index is 446. The molecule has 110 valence electrons. The van der Waals surface area contributed by atoms with Crippen LogP contribution in [0.2, 0.25) is 0 Å². The van der Waals surface area contributed by atoms with Crippen molar-refractivity contribution < 1.29 is 4.74 Å². The third-order valence-corrected chi connectivity index (χ3v) is 5.50. The second-order valence-electron chi connectivity index (χ2n) is 5.80. The van der Waals surface area contributed by atoms with E-state index in [4.69, 9.17) is 10.6 Å². The number of para-hydroxylation sites is 1. The lowest BCUT2D eigenvalue weighted by Crippen LogP contribution is -2.31. The van der Waals surface area contributed by atoms with Gasteiger partial charge in [-0.1, -0.05) is 18.2 Å². The number of benzene rings is 1. The normalized spacial score (nSPS) is 21.1. The molecular weight excluding hydrogens is 268 g/mol. The van der Waals surface area contributed by atoms with Crippen molar-refractivity contribution >= 4 is 11.8 Å². The molecule has 0 amide bonds. The van der Waals surface area contributed by atoms with E-state index in [0.29, 0.717) is 0 Å². The molecule has 0 aromatic heterocycles. The van der Waals surface area contributed by atoms with Crippen LogP contribution in [-0.2, 0) is 6.42 Å². The monoisotopic (exact) mass is 292 g/mol. The Morgan fingerprint density at radius 1 is 1.35 bits per heavy atom. The number of nitrogens with two attached hydrogens (primary N) is 1. The minimum absolute atomic E-state index is 0.219.